The second-order valence-corrected chi connectivity index (χ2v) is 7.20. The predicted octanol–water partition coefficient (Wildman–Crippen LogP) is 1.94. The average molecular weight is 471 g/mol. The van der Waals surface area contributed by atoms with Crippen molar-refractivity contribution in [2.75, 3.05) is 26.1 Å². The zero-order valence-electron chi connectivity index (χ0n) is 18.0. The van der Waals surface area contributed by atoms with Gasteiger partial charge in [-0.1, -0.05) is 30.3 Å². The molecule has 33 heavy (non-hydrogen) atoms. The highest BCUT2D eigenvalue weighted by molar-refractivity contribution is 7.98. The molecule has 3 aromatic rings. The standard InChI is InChI=1S/C21H22N6O5S/c1-3-31-20(29)13-32-17-10-9-15(11-18(17)30-2)12-22-23-19(28)14-33-27-21(24-25-26-27)16-7-5-4-6-8-16/h4-12H,3,13-14H2,1-2H3,(H,23,28)/b22-12-. The first-order valence-corrected chi connectivity index (χ1v) is 10.8. The first-order chi connectivity index (χ1) is 16.1. The summed E-state index contributed by atoms with van der Waals surface area (Å²) in [7, 11) is 1.48. The number of hydrogen-bond acceptors (Lipinski definition) is 10. The van der Waals surface area contributed by atoms with E-state index < -0.39 is 5.97 Å². The summed E-state index contributed by atoms with van der Waals surface area (Å²) in [6.07, 6.45) is 1.46. The Morgan fingerprint density at radius 1 is 1.18 bits per heavy atom. The van der Waals surface area contributed by atoms with Crippen LogP contribution in [0.25, 0.3) is 11.4 Å². The van der Waals surface area contributed by atoms with Crippen molar-refractivity contribution in [3.63, 3.8) is 0 Å². The lowest BCUT2D eigenvalue weighted by Gasteiger charge is -2.10. The highest BCUT2D eigenvalue weighted by atomic mass is 32.2. The van der Waals surface area contributed by atoms with Crippen LogP contribution in [0.1, 0.15) is 12.5 Å². The number of hydrazone groups is 1. The number of rotatable bonds is 11. The number of ether oxygens (including phenoxy) is 3. The maximum atomic E-state index is 12.1. The first-order valence-electron chi connectivity index (χ1n) is 9.86. The van der Waals surface area contributed by atoms with Gasteiger partial charge in [0.05, 0.1) is 25.7 Å². The molecule has 1 amide bonds. The molecule has 1 N–H and O–H groups in total. The van der Waals surface area contributed by atoms with E-state index in [-0.39, 0.29) is 24.9 Å². The average Bonchev–Trinajstić information content (AvgIpc) is 3.31. The van der Waals surface area contributed by atoms with Gasteiger partial charge in [-0.15, -0.1) is 5.10 Å². The molecule has 0 unspecified atom stereocenters. The molecule has 172 valence electrons. The SMILES string of the molecule is CCOC(=O)COc1ccc(/C=N\NC(=O)CSn2nnnc2-c2ccccc2)cc1OC. The highest BCUT2D eigenvalue weighted by Crippen LogP contribution is 2.27. The Morgan fingerprint density at radius 2 is 2.00 bits per heavy atom. The molecule has 2 aromatic carbocycles. The van der Waals surface area contributed by atoms with Crippen molar-refractivity contribution in [3.8, 4) is 22.9 Å². The number of hydrogen-bond donors (Lipinski definition) is 1. The van der Waals surface area contributed by atoms with Crippen molar-refractivity contribution >= 4 is 30.0 Å². The summed E-state index contributed by atoms with van der Waals surface area (Å²) < 4.78 is 17.0. The van der Waals surface area contributed by atoms with Gasteiger partial charge in [-0.2, -0.15) is 9.19 Å². The lowest BCUT2D eigenvalue weighted by molar-refractivity contribution is -0.145. The van der Waals surface area contributed by atoms with Crippen LogP contribution < -0.4 is 14.9 Å². The molecule has 1 heterocycles. The third kappa shape index (κ3) is 7.04. The van der Waals surface area contributed by atoms with E-state index in [2.05, 4.69) is 26.1 Å². The van der Waals surface area contributed by atoms with E-state index >= 15 is 0 Å². The minimum Gasteiger partial charge on any atom is -0.493 e. The zero-order valence-corrected chi connectivity index (χ0v) is 18.8. The van der Waals surface area contributed by atoms with Crippen molar-refractivity contribution < 1.29 is 23.8 Å². The van der Waals surface area contributed by atoms with Crippen LogP contribution >= 0.6 is 11.9 Å². The minimum absolute atomic E-state index is 0.0617. The van der Waals surface area contributed by atoms with Gasteiger partial charge in [0.2, 0.25) is 0 Å². The molecule has 0 spiro atoms. The van der Waals surface area contributed by atoms with Crippen LogP contribution in [0.15, 0.2) is 53.6 Å². The van der Waals surface area contributed by atoms with Crippen LogP contribution in [-0.2, 0) is 14.3 Å². The van der Waals surface area contributed by atoms with E-state index in [4.69, 9.17) is 14.2 Å². The molecule has 0 aliphatic rings. The van der Waals surface area contributed by atoms with Gasteiger partial charge >= 0.3 is 5.97 Å². The van der Waals surface area contributed by atoms with E-state index in [9.17, 15) is 9.59 Å². The van der Waals surface area contributed by atoms with Gasteiger partial charge in [0.15, 0.2) is 23.9 Å². The van der Waals surface area contributed by atoms with Gasteiger partial charge < -0.3 is 14.2 Å². The Bertz CT molecular complexity index is 1110. The molecule has 0 fully saturated rings. The number of carbonyl (C=O) groups is 2. The molecule has 0 bridgehead atoms. The quantitative estimate of drug-likeness (QED) is 0.254. The number of nitrogens with zero attached hydrogens (tertiary/aromatic N) is 5. The maximum absolute atomic E-state index is 12.1. The number of tetrazole rings is 1. The molecule has 1 aromatic heterocycles. The Kier molecular flexibility index (Phi) is 8.77. The van der Waals surface area contributed by atoms with Crippen molar-refractivity contribution in [2.24, 2.45) is 5.10 Å². The molecule has 0 aliphatic heterocycles. The molecule has 11 nitrogen and oxygen atoms in total. The molecule has 0 radical (unpaired) electrons. The summed E-state index contributed by atoms with van der Waals surface area (Å²) in [6, 6.07) is 14.4. The van der Waals surface area contributed by atoms with Crippen LogP contribution in [0.4, 0.5) is 0 Å². The number of esters is 1. The van der Waals surface area contributed by atoms with E-state index in [1.54, 1.807) is 25.1 Å². The van der Waals surface area contributed by atoms with E-state index in [1.165, 1.54) is 17.4 Å². The van der Waals surface area contributed by atoms with Crippen molar-refractivity contribution in [3.05, 3.63) is 54.1 Å². The van der Waals surface area contributed by atoms with Gasteiger partial charge in [0.25, 0.3) is 5.91 Å². The minimum atomic E-state index is -0.469. The fraction of sp³-hybridized carbons (Fsp3) is 0.238. The monoisotopic (exact) mass is 470 g/mol. The van der Waals surface area contributed by atoms with Crippen LogP contribution in [0.5, 0.6) is 11.5 Å². The van der Waals surface area contributed by atoms with Crippen molar-refractivity contribution in [1.29, 1.82) is 0 Å². The number of benzene rings is 2. The summed E-state index contributed by atoms with van der Waals surface area (Å²) >= 11 is 1.14. The van der Waals surface area contributed by atoms with Crippen LogP contribution in [0.2, 0.25) is 0 Å². The highest BCUT2D eigenvalue weighted by Gasteiger charge is 2.11. The molecular formula is C21H22N6O5S. The van der Waals surface area contributed by atoms with E-state index in [0.29, 0.717) is 22.9 Å². The zero-order chi connectivity index (χ0) is 23.5. The second-order valence-electron chi connectivity index (χ2n) is 6.31. The Morgan fingerprint density at radius 3 is 2.76 bits per heavy atom. The van der Waals surface area contributed by atoms with E-state index in [1.807, 2.05) is 30.3 Å². The molecule has 3 rings (SSSR count). The smallest absolute Gasteiger partial charge is 0.344 e. The summed E-state index contributed by atoms with van der Waals surface area (Å²) in [5, 5.41) is 15.5. The molecule has 0 saturated heterocycles. The van der Waals surface area contributed by atoms with Gasteiger partial charge in [0, 0.05) is 5.56 Å². The number of aromatic nitrogens is 4. The van der Waals surface area contributed by atoms with Gasteiger partial charge in [-0.3, -0.25) is 4.79 Å². The molecular weight excluding hydrogens is 448 g/mol. The Balaban J connectivity index is 1.51. The lowest BCUT2D eigenvalue weighted by Crippen LogP contribution is -2.20. The fourth-order valence-electron chi connectivity index (χ4n) is 2.58. The van der Waals surface area contributed by atoms with Gasteiger partial charge in [-0.25, -0.2) is 10.2 Å². The molecule has 0 atom stereocenters. The summed E-state index contributed by atoms with van der Waals surface area (Å²) in [6.45, 7) is 1.78. The normalized spacial score (nSPS) is 10.7. The Labute approximate surface area is 194 Å². The maximum Gasteiger partial charge on any atom is 0.344 e. The number of nitrogens with one attached hydrogen (secondary N) is 1. The predicted molar refractivity (Wildman–Crippen MR) is 122 cm³/mol. The van der Waals surface area contributed by atoms with Crippen LogP contribution in [-0.4, -0.2) is 63.8 Å². The Hall–Kier alpha value is -3.93. The summed E-state index contributed by atoms with van der Waals surface area (Å²) in [4.78, 5) is 23.6. The largest absolute Gasteiger partial charge is 0.493 e. The molecule has 12 heteroatoms. The molecule has 0 aliphatic carbocycles. The van der Waals surface area contributed by atoms with Gasteiger partial charge in [0.1, 0.15) is 0 Å². The number of carbonyl (C=O) groups excluding carboxylic acids is 2. The summed E-state index contributed by atoms with van der Waals surface area (Å²) in [5.41, 5.74) is 3.96. The summed E-state index contributed by atoms with van der Waals surface area (Å²) in [5.74, 6) is 0.618. The first kappa shape index (κ1) is 23.7. The van der Waals surface area contributed by atoms with E-state index in [0.717, 1.165) is 17.5 Å². The van der Waals surface area contributed by atoms with Crippen LogP contribution in [0.3, 0.4) is 0 Å². The van der Waals surface area contributed by atoms with Crippen molar-refractivity contribution in [2.45, 2.75) is 6.92 Å². The topological polar surface area (TPSA) is 130 Å². The second kappa shape index (κ2) is 12.2. The lowest BCUT2D eigenvalue weighted by atomic mass is 10.2. The fourth-order valence-corrected chi connectivity index (χ4v) is 3.23. The van der Waals surface area contributed by atoms with Crippen molar-refractivity contribution in [1.82, 2.24) is 25.0 Å². The van der Waals surface area contributed by atoms with Crippen LogP contribution in [0, 0.1) is 0 Å². The third-order valence-electron chi connectivity index (χ3n) is 4.03. The van der Waals surface area contributed by atoms with Gasteiger partial charge in [-0.05, 0) is 53.1 Å². The molecule has 0 saturated carbocycles. The number of amides is 1. The number of methoxy groups -OCH3 is 1. The third-order valence-corrected chi connectivity index (χ3v) is 4.92.